The summed E-state index contributed by atoms with van der Waals surface area (Å²) in [5, 5.41) is 2.71. The van der Waals surface area contributed by atoms with Crippen molar-refractivity contribution >= 4 is 23.3 Å². The van der Waals surface area contributed by atoms with Crippen molar-refractivity contribution in [2.75, 3.05) is 10.6 Å². The van der Waals surface area contributed by atoms with Gasteiger partial charge in [-0.05, 0) is 0 Å². The topological polar surface area (TPSA) is 72.0 Å². The second-order valence-corrected chi connectivity index (χ2v) is 7.41. The molecule has 0 spiro atoms. The van der Waals surface area contributed by atoms with Gasteiger partial charge in [-0.1, -0.05) is 0 Å². The first kappa shape index (κ1) is 30.0. The molecule has 21 heteroatoms. The van der Waals surface area contributed by atoms with Crippen molar-refractivity contribution in [1.29, 1.82) is 0 Å². The molecule has 4 rings (SSSR count). The van der Waals surface area contributed by atoms with Gasteiger partial charge in [0.1, 0.15) is 11.4 Å². The number of hydrogen-bond acceptors (Lipinski definition) is 6. The molecule has 0 fully saturated rings. The zero-order chi connectivity index (χ0) is 31.4. The van der Waals surface area contributed by atoms with E-state index >= 15 is 0 Å². The first-order chi connectivity index (χ1) is 19.6. The van der Waals surface area contributed by atoms with Crippen LogP contribution >= 0.6 is 0 Å². The molecule has 0 unspecified atom stereocenters. The van der Waals surface area contributed by atoms with E-state index in [1.54, 1.807) is 0 Å². The van der Waals surface area contributed by atoms with Gasteiger partial charge in [0.25, 0.3) is 0 Å². The molecule has 0 aliphatic heterocycles. The summed E-state index contributed by atoms with van der Waals surface area (Å²) in [5.74, 6) is -44.1. The van der Waals surface area contributed by atoms with E-state index < -0.39 is 122 Å². The number of benzene rings is 3. The smallest absolute Gasteiger partial charge is 0.328 e. The van der Waals surface area contributed by atoms with Crippen molar-refractivity contribution in [1.82, 2.24) is 15.0 Å². The lowest BCUT2D eigenvalue weighted by molar-refractivity contribution is 0.322. The summed E-state index contributed by atoms with van der Waals surface area (Å²) in [6.07, 6.45) is 0. The Morgan fingerprint density at radius 3 is 0.905 bits per heavy atom. The molecular weight excluding hydrogens is 623 g/mol. The SMILES string of the molecule is Fc1c(F)c(F)c(Nc2nc(Nc3c(F)c(F)c(F)c(F)c3F)nc(Oc3c(F)c(F)c(F)c(F)c3F)n2)c(F)c1F. The lowest BCUT2D eigenvalue weighted by Gasteiger charge is -2.14. The van der Waals surface area contributed by atoms with Crippen molar-refractivity contribution in [3.8, 4) is 11.8 Å². The molecule has 6 nitrogen and oxygen atoms in total. The largest absolute Gasteiger partial charge is 0.418 e. The summed E-state index contributed by atoms with van der Waals surface area (Å²) in [6, 6.07) is -1.70. The van der Waals surface area contributed by atoms with Crippen molar-refractivity contribution in [2.24, 2.45) is 0 Å². The number of anilines is 4. The van der Waals surface area contributed by atoms with Crippen LogP contribution in [0.5, 0.6) is 11.8 Å². The monoisotopic (exact) mass is 625 g/mol. The predicted octanol–water partition coefficient (Wildman–Crippen LogP) is 7.24. The van der Waals surface area contributed by atoms with Crippen LogP contribution in [0.25, 0.3) is 0 Å². The van der Waals surface area contributed by atoms with Gasteiger partial charge in [-0.3, -0.25) is 0 Å². The van der Waals surface area contributed by atoms with Crippen LogP contribution in [-0.4, -0.2) is 15.0 Å². The third-order valence-corrected chi connectivity index (χ3v) is 4.87. The molecule has 3 aromatic carbocycles. The third kappa shape index (κ3) is 4.89. The Morgan fingerprint density at radius 1 is 0.333 bits per heavy atom. The van der Waals surface area contributed by atoms with Gasteiger partial charge in [0.15, 0.2) is 46.5 Å². The van der Waals surface area contributed by atoms with Gasteiger partial charge in [-0.2, -0.15) is 23.7 Å². The highest BCUT2D eigenvalue weighted by atomic mass is 19.2. The lowest BCUT2D eigenvalue weighted by Crippen LogP contribution is -2.13. The number of nitrogens with one attached hydrogen (secondary N) is 2. The molecule has 0 aliphatic rings. The Hall–Kier alpha value is -4.98. The minimum absolute atomic E-state index is 1.35. The molecule has 0 atom stereocenters. The number of halogens is 15. The summed E-state index contributed by atoms with van der Waals surface area (Å²) >= 11 is 0. The molecule has 0 radical (unpaired) electrons. The minimum atomic E-state index is -2.67. The van der Waals surface area contributed by atoms with Crippen molar-refractivity contribution in [2.45, 2.75) is 0 Å². The van der Waals surface area contributed by atoms with Crippen LogP contribution < -0.4 is 15.4 Å². The number of aromatic nitrogens is 3. The Labute approximate surface area is 219 Å². The maximum absolute atomic E-state index is 14.1. The van der Waals surface area contributed by atoms with Crippen LogP contribution in [0.2, 0.25) is 0 Å². The summed E-state index contributed by atoms with van der Waals surface area (Å²) in [7, 11) is 0. The quantitative estimate of drug-likeness (QED) is 0.134. The summed E-state index contributed by atoms with van der Waals surface area (Å²) in [5.41, 5.74) is -3.89. The fourth-order valence-corrected chi connectivity index (χ4v) is 2.93. The first-order valence-corrected chi connectivity index (χ1v) is 10.1. The van der Waals surface area contributed by atoms with E-state index in [1.165, 1.54) is 10.6 Å². The fourth-order valence-electron chi connectivity index (χ4n) is 2.93. The van der Waals surface area contributed by atoms with E-state index in [0.29, 0.717) is 0 Å². The minimum Gasteiger partial charge on any atom is -0.418 e. The molecule has 0 aliphatic carbocycles. The van der Waals surface area contributed by atoms with Crippen LogP contribution in [0.3, 0.4) is 0 Å². The molecule has 0 saturated carbocycles. The first-order valence-electron chi connectivity index (χ1n) is 10.1. The number of nitrogens with zero attached hydrogens (tertiary/aromatic N) is 3. The van der Waals surface area contributed by atoms with Gasteiger partial charge in [-0.15, -0.1) is 0 Å². The molecule has 4 aromatic rings. The van der Waals surface area contributed by atoms with Gasteiger partial charge >= 0.3 is 6.01 Å². The van der Waals surface area contributed by atoms with Gasteiger partial charge in [0.05, 0.1) is 0 Å². The third-order valence-electron chi connectivity index (χ3n) is 4.87. The number of ether oxygens (including phenoxy) is 1. The summed E-state index contributed by atoms with van der Waals surface area (Å²) in [6.45, 7) is 0. The van der Waals surface area contributed by atoms with Crippen LogP contribution in [0.4, 0.5) is 89.1 Å². The van der Waals surface area contributed by atoms with E-state index in [9.17, 15) is 65.9 Å². The zero-order valence-corrected chi connectivity index (χ0v) is 18.9. The zero-order valence-electron chi connectivity index (χ0n) is 18.9. The number of hydrogen-bond donors (Lipinski definition) is 2. The van der Waals surface area contributed by atoms with Gasteiger partial charge in [-0.25, -0.2) is 57.1 Å². The molecule has 222 valence electrons. The van der Waals surface area contributed by atoms with Crippen LogP contribution in [-0.2, 0) is 0 Å². The van der Waals surface area contributed by atoms with Crippen molar-refractivity contribution in [3.05, 3.63) is 87.3 Å². The van der Waals surface area contributed by atoms with Crippen molar-refractivity contribution in [3.63, 3.8) is 0 Å². The molecule has 0 bridgehead atoms. The molecule has 1 heterocycles. The van der Waals surface area contributed by atoms with E-state index in [1.807, 2.05) is 0 Å². The highest BCUT2D eigenvalue weighted by Crippen LogP contribution is 2.35. The number of rotatable bonds is 6. The standard InChI is InChI=1S/C21H2F15N5O/c22-1-4(25)10(31)16(11(32)5(1)26)37-19-39-20(38-17-12(33)6(27)2(23)7(28)13(17)34)41-21(40-19)42-18-14(35)8(29)3(24)9(30)15(18)36/h(H2,37,38,39,40,41). The highest BCUT2D eigenvalue weighted by molar-refractivity contribution is 5.60. The Kier molecular flexibility index (Phi) is 7.70. The maximum atomic E-state index is 14.1. The lowest BCUT2D eigenvalue weighted by atomic mass is 10.2. The second kappa shape index (κ2) is 10.8. The average Bonchev–Trinajstić information content (AvgIpc) is 2.97. The fraction of sp³-hybridized carbons (Fsp3) is 0. The molecular formula is C21H2F15N5O. The molecule has 2 N–H and O–H groups in total. The second-order valence-electron chi connectivity index (χ2n) is 7.41. The van der Waals surface area contributed by atoms with Gasteiger partial charge in [0.2, 0.25) is 58.4 Å². The summed E-state index contributed by atoms with van der Waals surface area (Å²) in [4.78, 5) is 9.23. The Bertz CT molecular complexity index is 1480. The van der Waals surface area contributed by atoms with Crippen molar-refractivity contribution < 1.29 is 70.6 Å². The summed E-state index contributed by atoms with van der Waals surface area (Å²) < 4.78 is 210. The average molecular weight is 625 g/mol. The van der Waals surface area contributed by atoms with Gasteiger partial charge in [0, 0.05) is 0 Å². The Balaban J connectivity index is 1.90. The van der Waals surface area contributed by atoms with E-state index in [0.717, 1.165) is 0 Å². The molecule has 0 saturated heterocycles. The normalized spacial score (nSPS) is 11.2. The highest BCUT2D eigenvalue weighted by Gasteiger charge is 2.31. The van der Waals surface area contributed by atoms with E-state index in [2.05, 4.69) is 19.7 Å². The Morgan fingerprint density at radius 2 is 0.595 bits per heavy atom. The predicted molar refractivity (Wildman–Crippen MR) is 105 cm³/mol. The van der Waals surface area contributed by atoms with E-state index in [4.69, 9.17) is 0 Å². The molecule has 42 heavy (non-hydrogen) atoms. The molecule has 0 amide bonds. The van der Waals surface area contributed by atoms with Crippen LogP contribution in [0.1, 0.15) is 0 Å². The van der Waals surface area contributed by atoms with Crippen LogP contribution in [0, 0.1) is 87.3 Å². The maximum Gasteiger partial charge on any atom is 0.328 e. The molecule has 1 aromatic heterocycles. The van der Waals surface area contributed by atoms with E-state index in [-0.39, 0.29) is 0 Å². The van der Waals surface area contributed by atoms with Gasteiger partial charge < -0.3 is 15.4 Å². The van der Waals surface area contributed by atoms with Crippen LogP contribution in [0.15, 0.2) is 0 Å².